The first-order valence-corrected chi connectivity index (χ1v) is 7.43. The van der Waals surface area contributed by atoms with Crippen LogP contribution in [0.1, 0.15) is 41.6 Å². The molecule has 2 aromatic heterocycles. The van der Waals surface area contributed by atoms with Crippen LogP contribution in [0.2, 0.25) is 0 Å². The Labute approximate surface area is 126 Å². The molecule has 1 aliphatic carbocycles. The molecule has 4 rings (SSSR count). The highest BCUT2D eigenvalue weighted by Crippen LogP contribution is 2.39. The van der Waals surface area contributed by atoms with Crippen molar-refractivity contribution in [3.05, 3.63) is 69.7 Å². The number of hydrogen-bond acceptors (Lipinski definition) is 4. The van der Waals surface area contributed by atoms with E-state index in [-0.39, 0.29) is 5.69 Å². The van der Waals surface area contributed by atoms with Crippen molar-refractivity contribution in [2.24, 2.45) is 0 Å². The van der Waals surface area contributed by atoms with Crippen molar-refractivity contribution in [3.8, 4) is 0 Å². The Bertz CT molecular complexity index is 827. The first-order chi connectivity index (χ1) is 10.8. The fraction of sp³-hybridized carbons (Fsp3) is 0.312. The molecule has 0 saturated heterocycles. The summed E-state index contributed by atoms with van der Waals surface area (Å²) in [6.45, 7) is 0.309. The minimum atomic E-state index is -0.227. The maximum atomic E-state index is 12.0. The Morgan fingerprint density at radius 2 is 2.09 bits per heavy atom. The van der Waals surface area contributed by atoms with Gasteiger partial charge in [-0.25, -0.2) is 9.48 Å². The van der Waals surface area contributed by atoms with Gasteiger partial charge in [0.25, 0.3) is 0 Å². The molecule has 0 spiro atoms. The molecule has 6 heteroatoms. The summed E-state index contributed by atoms with van der Waals surface area (Å²) in [7, 11) is 0. The van der Waals surface area contributed by atoms with E-state index in [2.05, 4.69) is 15.2 Å². The zero-order chi connectivity index (χ0) is 14.9. The third-order valence-corrected chi connectivity index (χ3v) is 3.82. The lowest BCUT2D eigenvalue weighted by atomic mass is 10.1. The van der Waals surface area contributed by atoms with Gasteiger partial charge in [-0.2, -0.15) is 5.10 Å². The van der Waals surface area contributed by atoms with Gasteiger partial charge in [0, 0.05) is 18.4 Å². The quantitative estimate of drug-likeness (QED) is 0.782. The van der Waals surface area contributed by atoms with Crippen LogP contribution in [0.4, 0.5) is 0 Å². The van der Waals surface area contributed by atoms with E-state index in [1.54, 1.807) is 0 Å². The number of rotatable bonds is 5. The molecule has 0 atom stereocenters. The Morgan fingerprint density at radius 1 is 1.27 bits per heavy atom. The Morgan fingerprint density at radius 3 is 2.86 bits per heavy atom. The van der Waals surface area contributed by atoms with Crippen molar-refractivity contribution in [1.29, 1.82) is 0 Å². The van der Waals surface area contributed by atoms with Gasteiger partial charge in [0.05, 0.1) is 5.69 Å². The normalized spacial score (nSPS) is 14.4. The van der Waals surface area contributed by atoms with E-state index < -0.39 is 0 Å². The highest BCUT2D eigenvalue weighted by atomic mass is 16.5. The smallest absolute Gasteiger partial charge is 0.343 e. The topological polar surface area (TPSA) is 76.7 Å². The lowest BCUT2D eigenvalue weighted by Gasteiger charge is -1.96. The van der Waals surface area contributed by atoms with Crippen LogP contribution in [0.3, 0.4) is 0 Å². The van der Waals surface area contributed by atoms with Gasteiger partial charge >= 0.3 is 5.69 Å². The second-order valence-electron chi connectivity index (χ2n) is 5.69. The molecule has 1 N–H and O–H groups in total. The van der Waals surface area contributed by atoms with Crippen LogP contribution in [-0.2, 0) is 13.0 Å². The van der Waals surface area contributed by atoms with Crippen molar-refractivity contribution < 1.29 is 4.52 Å². The second-order valence-corrected chi connectivity index (χ2v) is 5.69. The zero-order valence-electron chi connectivity index (χ0n) is 12.0. The summed E-state index contributed by atoms with van der Waals surface area (Å²) in [5.74, 6) is 1.86. The predicted molar refractivity (Wildman–Crippen MR) is 79.7 cm³/mol. The van der Waals surface area contributed by atoms with E-state index in [1.807, 2.05) is 36.4 Å². The molecule has 2 heterocycles. The van der Waals surface area contributed by atoms with Crippen molar-refractivity contribution in [3.63, 3.8) is 0 Å². The van der Waals surface area contributed by atoms with Crippen LogP contribution >= 0.6 is 0 Å². The third-order valence-electron chi connectivity index (χ3n) is 3.82. The summed E-state index contributed by atoms with van der Waals surface area (Å²) in [5.41, 5.74) is 1.87. The minimum Gasteiger partial charge on any atom is -0.359 e. The van der Waals surface area contributed by atoms with Crippen molar-refractivity contribution in [2.45, 2.75) is 31.7 Å². The van der Waals surface area contributed by atoms with Crippen molar-refractivity contribution in [1.82, 2.24) is 19.9 Å². The molecule has 112 valence electrons. The number of aromatic amines is 1. The maximum Gasteiger partial charge on any atom is 0.343 e. The summed E-state index contributed by atoms with van der Waals surface area (Å²) < 4.78 is 6.67. The minimum absolute atomic E-state index is 0.227. The number of hydrogen-bond donors (Lipinski definition) is 1. The van der Waals surface area contributed by atoms with Gasteiger partial charge in [-0.3, -0.25) is 4.98 Å². The van der Waals surface area contributed by atoms with Crippen LogP contribution in [0.5, 0.6) is 0 Å². The highest BCUT2D eigenvalue weighted by molar-refractivity contribution is 5.18. The third kappa shape index (κ3) is 2.72. The SMILES string of the molecule is O=c1[nH]c(Cc2ccccc2)nn1Cc1cc(C2CC2)no1. The van der Waals surface area contributed by atoms with Gasteiger partial charge in [0.1, 0.15) is 12.4 Å². The van der Waals surface area contributed by atoms with E-state index in [4.69, 9.17) is 4.52 Å². The Balaban J connectivity index is 1.51. The molecule has 3 aromatic rings. The van der Waals surface area contributed by atoms with E-state index in [9.17, 15) is 4.79 Å². The van der Waals surface area contributed by atoms with Crippen LogP contribution < -0.4 is 5.69 Å². The predicted octanol–water partition coefficient (Wildman–Crippen LogP) is 2.08. The molecule has 22 heavy (non-hydrogen) atoms. The summed E-state index contributed by atoms with van der Waals surface area (Å²) >= 11 is 0. The Hall–Kier alpha value is -2.63. The van der Waals surface area contributed by atoms with E-state index in [0.29, 0.717) is 30.5 Å². The van der Waals surface area contributed by atoms with Gasteiger partial charge in [0.2, 0.25) is 0 Å². The van der Waals surface area contributed by atoms with Gasteiger partial charge in [-0.05, 0) is 18.4 Å². The van der Waals surface area contributed by atoms with E-state index >= 15 is 0 Å². The van der Waals surface area contributed by atoms with Crippen LogP contribution in [0, 0.1) is 0 Å². The summed E-state index contributed by atoms with van der Waals surface area (Å²) in [5, 5.41) is 8.38. The lowest BCUT2D eigenvalue weighted by molar-refractivity contribution is 0.364. The van der Waals surface area contributed by atoms with Crippen LogP contribution in [-0.4, -0.2) is 19.9 Å². The number of benzene rings is 1. The van der Waals surface area contributed by atoms with Gasteiger partial charge in [0.15, 0.2) is 5.76 Å². The molecular formula is C16H16N4O2. The standard InChI is InChI=1S/C16H16N4O2/c21-16-17-15(8-11-4-2-1-3-5-11)18-20(16)10-13-9-14(19-22-13)12-6-7-12/h1-5,9,12H,6-8,10H2,(H,17,18,21). The number of aromatic nitrogens is 4. The summed E-state index contributed by atoms with van der Waals surface area (Å²) in [6.07, 6.45) is 2.96. The summed E-state index contributed by atoms with van der Waals surface area (Å²) in [6, 6.07) is 11.9. The van der Waals surface area contributed by atoms with Crippen molar-refractivity contribution >= 4 is 0 Å². The molecule has 0 bridgehead atoms. The largest absolute Gasteiger partial charge is 0.359 e. The molecular weight excluding hydrogens is 280 g/mol. The number of nitrogens with one attached hydrogen (secondary N) is 1. The molecule has 1 saturated carbocycles. The molecule has 1 fully saturated rings. The summed E-state index contributed by atoms with van der Waals surface area (Å²) in [4.78, 5) is 14.8. The zero-order valence-corrected chi connectivity index (χ0v) is 12.0. The van der Waals surface area contributed by atoms with Crippen LogP contribution in [0.25, 0.3) is 0 Å². The van der Waals surface area contributed by atoms with E-state index in [1.165, 1.54) is 17.5 Å². The average molecular weight is 296 g/mol. The number of nitrogens with zero attached hydrogens (tertiary/aromatic N) is 3. The van der Waals surface area contributed by atoms with Crippen molar-refractivity contribution in [2.75, 3.05) is 0 Å². The molecule has 0 aliphatic heterocycles. The first-order valence-electron chi connectivity index (χ1n) is 7.43. The first kappa shape index (κ1) is 13.1. The molecule has 0 unspecified atom stereocenters. The molecule has 1 aromatic carbocycles. The second kappa shape index (κ2) is 5.29. The fourth-order valence-corrected chi connectivity index (χ4v) is 2.50. The average Bonchev–Trinajstić information content (AvgIpc) is 3.18. The maximum absolute atomic E-state index is 12.0. The van der Waals surface area contributed by atoms with Gasteiger partial charge in [-0.1, -0.05) is 35.5 Å². The monoisotopic (exact) mass is 296 g/mol. The lowest BCUT2D eigenvalue weighted by Crippen LogP contribution is -2.18. The fourth-order valence-electron chi connectivity index (χ4n) is 2.50. The highest BCUT2D eigenvalue weighted by Gasteiger charge is 2.27. The number of H-pyrrole nitrogens is 1. The van der Waals surface area contributed by atoms with Crippen LogP contribution in [0.15, 0.2) is 45.7 Å². The van der Waals surface area contributed by atoms with Gasteiger partial charge in [-0.15, -0.1) is 0 Å². The Kier molecular flexibility index (Phi) is 3.14. The molecule has 1 aliphatic rings. The molecule has 0 radical (unpaired) electrons. The van der Waals surface area contributed by atoms with E-state index in [0.717, 1.165) is 11.3 Å². The molecule has 6 nitrogen and oxygen atoms in total. The molecule has 0 amide bonds. The van der Waals surface area contributed by atoms with Gasteiger partial charge < -0.3 is 4.52 Å².